The molecule has 1 heterocycles. The molecular formula is C17H22N4. The first-order valence-corrected chi connectivity index (χ1v) is 7.67. The van der Waals surface area contributed by atoms with Gasteiger partial charge in [0.25, 0.3) is 0 Å². The summed E-state index contributed by atoms with van der Waals surface area (Å²) in [5.74, 6) is 3.21. The van der Waals surface area contributed by atoms with Gasteiger partial charge < -0.3 is 10.6 Å². The molecule has 4 nitrogen and oxygen atoms in total. The van der Waals surface area contributed by atoms with Crippen LogP contribution in [-0.2, 0) is 6.42 Å². The van der Waals surface area contributed by atoms with Crippen LogP contribution >= 0.6 is 0 Å². The SMILES string of the molecule is CCCNc1cc(NCC2Cc3ccccc32)nc(C)n1. The molecule has 1 aliphatic carbocycles. The second-order valence-electron chi connectivity index (χ2n) is 5.59. The highest BCUT2D eigenvalue weighted by atomic mass is 15.1. The average molecular weight is 282 g/mol. The Balaban J connectivity index is 1.62. The molecule has 0 aliphatic heterocycles. The van der Waals surface area contributed by atoms with Crippen molar-refractivity contribution in [2.75, 3.05) is 23.7 Å². The highest BCUT2D eigenvalue weighted by Crippen LogP contribution is 2.34. The first kappa shape index (κ1) is 13.9. The van der Waals surface area contributed by atoms with Gasteiger partial charge in [0.15, 0.2) is 0 Å². The predicted octanol–water partition coefficient (Wildman–Crippen LogP) is 3.36. The van der Waals surface area contributed by atoms with E-state index in [0.717, 1.165) is 43.4 Å². The molecule has 1 atom stereocenters. The third-order valence-corrected chi connectivity index (χ3v) is 3.88. The minimum absolute atomic E-state index is 0.600. The topological polar surface area (TPSA) is 49.8 Å². The number of aromatic nitrogens is 2. The second kappa shape index (κ2) is 6.12. The summed E-state index contributed by atoms with van der Waals surface area (Å²) in [6.07, 6.45) is 2.25. The fourth-order valence-corrected chi connectivity index (χ4v) is 2.77. The van der Waals surface area contributed by atoms with Crippen LogP contribution < -0.4 is 10.6 Å². The number of anilines is 2. The van der Waals surface area contributed by atoms with E-state index in [1.54, 1.807) is 0 Å². The predicted molar refractivity (Wildman–Crippen MR) is 86.9 cm³/mol. The van der Waals surface area contributed by atoms with Crippen molar-refractivity contribution < 1.29 is 0 Å². The highest BCUT2D eigenvalue weighted by molar-refractivity contribution is 5.49. The zero-order valence-electron chi connectivity index (χ0n) is 12.7. The minimum atomic E-state index is 0.600. The third kappa shape index (κ3) is 3.15. The van der Waals surface area contributed by atoms with Crippen LogP contribution in [0.3, 0.4) is 0 Å². The molecular weight excluding hydrogens is 260 g/mol. The number of fused-ring (bicyclic) bond motifs is 1. The van der Waals surface area contributed by atoms with E-state index in [-0.39, 0.29) is 0 Å². The van der Waals surface area contributed by atoms with Gasteiger partial charge in [0.2, 0.25) is 0 Å². The van der Waals surface area contributed by atoms with Gasteiger partial charge in [-0.3, -0.25) is 0 Å². The lowest BCUT2D eigenvalue weighted by atomic mass is 9.77. The fourth-order valence-electron chi connectivity index (χ4n) is 2.77. The Bertz CT molecular complexity index is 624. The summed E-state index contributed by atoms with van der Waals surface area (Å²) >= 11 is 0. The van der Waals surface area contributed by atoms with Crippen molar-refractivity contribution in [3.63, 3.8) is 0 Å². The van der Waals surface area contributed by atoms with Crippen molar-refractivity contribution in [1.82, 2.24) is 9.97 Å². The molecule has 1 aromatic carbocycles. The summed E-state index contributed by atoms with van der Waals surface area (Å²) in [5, 5.41) is 6.77. The van der Waals surface area contributed by atoms with E-state index >= 15 is 0 Å². The van der Waals surface area contributed by atoms with Crippen LogP contribution in [0.15, 0.2) is 30.3 Å². The van der Waals surface area contributed by atoms with Gasteiger partial charge in [0.05, 0.1) is 0 Å². The normalized spacial score (nSPS) is 16.0. The molecule has 1 aromatic heterocycles. The standard InChI is InChI=1S/C17H22N4/c1-3-8-18-16-10-17(21-12(2)20-16)19-11-14-9-13-6-4-5-7-15(13)14/h4-7,10,14H,3,8-9,11H2,1-2H3,(H2,18,19,20,21). The van der Waals surface area contributed by atoms with Crippen molar-refractivity contribution in [1.29, 1.82) is 0 Å². The number of hydrogen-bond donors (Lipinski definition) is 2. The number of aryl methyl sites for hydroxylation is 1. The Hall–Kier alpha value is -2.10. The number of rotatable bonds is 6. The zero-order valence-corrected chi connectivity index (χ0v) is 12.7. The molecule has 0 saturated heterocycles. The number of hydrogen-bond acceptors (Lipinski definition) is 4. The average Bonchev–Trinajstić information content (AvgIpc) is 2.45. The second-order valence-corrected chi connectivity index (χ2v) is 5.59. The first-order chi connectivity index (χ1) is 10.3. The Morgan fingerprint density at radius 2 is 1.90 bits per heavy atom. The maximum atomic E-state index is 4.47. The van der Waals surface area contributed by atoms with E-state index < -0.39 is 0 Å². The van der Waals surface area contributed by atoms with E-state index in [9.17, 15) is 0 Å². The van der Waals surface area contributed by atoms with Gasteiger partial charge in [0, 0.05) is 25.1 Å². The first-order valence-electron chi connectivity index (χ1n) is 7.67. The molecule has 2 N–H and O–H groups in total. The molecule has 4 heteroatoms. The molecule has 21 heavy (non-hydrogen) atoms. The zero-order chi connectivity index (χ0) is 14.7. The van der Waals surface area contributed by atoms with E-state index in [1.807, 2.05) is 13.0 Å². The summed E-state index contributed by atoms with van der Waals surface area (Å²) in [5.41, 5.74) is 2.95. The molecule has 0 fully saturated rings. The van der Waals surface area contributed by atoms with E-state index in [1.165, 1.54) is 11.1 Å². The Kier molecular flexibility index (Phi) is 4.04. The lowest BCUT2D eigenvalue weighted by Gasteiger charge is -2.30. The Morgan fingerprint density at radius 1 is 1.14 bits per heavy atom. The molecule has 1 unspecified atom stereocenters. The fraction of sp³-hybridized carbons (Fsp3) is 0.412. The number of benzene rings is 1. The maximum absolute atomic E-state index is 4.47. The number of nitrogens with one attached hydrogen (secondary N) is 2. The van der Waals surface area contributed by atoms with Gasteiger partial charge in [-0.1, -0.05) is 31.2 Å². The largest absolute Gasteiger partial charge is 0.370 e. The molecule has 0 spiro atoms. The van der Waals surface area contributed by atoms with Gasteiger partial charge in [-0.15, -0.1) is 0 Å². The van der Waals surface area contributed by atoms with Crippen molar-refractivity contribution in [2.24, 2.45) is 0 Å². The molecule has 0 radical (unpaired) electrons. The van der Waals surface area contributed by atoms with Crippen molar-refractivity contribution in [2.45, 2.75) is 32.6 Å². The summed E-state index contributed by atoms with van der Waals surface area (Å²) in [6.45, 7) is 5.95. The third-order valence-electron chi connectivity index (χ3n) is 3.88. The van der Waals surface area contributed by atoms with E-state index in [2.05, 4.69) is 51.8 Å². The number of nitrogens with zero attached hydrogens (tertiary/aromatic N) is 2. The van der Waals surface area contributed by atoms with Crippen LogP contribution in [0.25, 0.3) is 0 Å². The molecule has 3 rings (SSSR count). The summed E-state index contributed by atoms with van der Waals surface area (Å²) in [6, 6.07) is 10.7. The van der Waals surface area contributed by atoms with Gasteiger partial charge in [-0.25, -0.2) is 9.97 Å². The van der Waals surface area contributed by atoms with Crippen molar-refractivity contribution in [3.05, 3.63) is 47.3 Å². The highest BCUT2D eigenvalue weighted by Gasteiger charge is 2.24. The lowest BCUT2D eigenvalue weighted by molar-refractivity contribution is 0.634. The van der Waals surface area contributed by atoms with Gasteiger partial charge in [-0.05, 0) is 30.9 Å². The monoisotopic (exact) mass is 282 g/mol. The smallest absolute Gasteiger partial charge is 0.131 e. The molecule has 0 amide bonds. The van der Waals surface area contributed by atoms with Gasteiger partial charge in [-0.2, -0.15) is 0 Å². The molecule has 0 saturated carbocycles. The van der Waals surface area contributed by atoms with Crippen LogP contribution in [0.1, 0.15) is 36.2 Å². The van der Waals surface area contributed by atoms with Crippen molar-refractivity contribution >= 4 is 11.6 Å². The van der Waals surface area contributed by atoms with Crippen LogP contribution in [0, 0.1) is 6.92 Å². The molecule has 110 valence electrons. The summed E-state index contributed by atoms with van der Waals surface area (Å²) < 4.78 is 0. The van der Waals surface area contributed by atoms with Crippen LogP contribution in [0.5, 0.6) is 0 Å². The maximum Gasteiger partial charge on any atom is 0.131 e. The minimum Gasteiger partial charge on any atom is -0.370 e. The Labute approximate surface area is 126 Å². The van der Waals surface area contributed by atoms with Gasteiger partial charge >= 0.3 is 0 Å². The summed E-state index contributed by atoms with van der Waals surface area (Å²) in [7, 11) is 0. The van der Waals surface area contributed by atoms with Crippen LogP contribution in [0.2, 0.25) is 0 Å². The quantitative estimate of drug-likeness (QED) is 0.853. The van der Waals surface area contributed by atoms with Crippen molar-refractivity contribution in [3.8, 4) is 0 Å². The van der Waals surface area contributed by atoms with E-state index in [4.69, 9.17) is 0 Å². The van der Waals surface area contributed by atoms with Gasteiger partial charge in [0.1, 0.15) is 17.5 Å². The van der Waals surface area contributed by atoms with E-state index in [0.29, 0.717) is 5.92 Å². The summed E-state index contributed by atoms with van der Waals surface area (Å²) in [4.78, 5) is 8.87. The molecule has 2 aromatic rings. The molecule has 0 bridgehead atoms. The van der Waals surface area contributed by atoms with Crippen LogP contribution in [-0.4, -0.2) is 23.1 Å². The van der Waals surface area contributed by atoms with Crippen LogP contribution in [0.4, 0.5) is 11.6 Å². The lowest BCUT2D eigenvalue weighted by Crippen LogP contribution is -2.24. The Morgan fingerprint density at radius 3 is 2.67 bits per heavy atom. The molecule has 1 aliphatic rings.